The van der Waals surface area contributed by atoms with Gasteiger partial charge in [-0.15, -0.1) is 0 Å². The lowest BCUT2D eigenvalue weighted by molar-refractivity contribution is -0.143. The Labute approximate surface area is 173 Å². The molecule has 1 atom stereocenters. The molecule has 29 heavy (non-hydrogen) atoms. The highest BCUT2D eigenvalue weighted by Gasteiger charge is 2.43. The second kappa shape index (κ2) is 8.71. The molecular formula is C21H30N2O5S. The van der Waals surface area contributed by atoms with Crippen LogP contribution in [-0.2, 0) is 24.3 Å². The van der Waals surface area contributed by atoms with Crippen molar-refractivity contribution in [1.29, 1.82) is 0 Å². The van der Waals surface area contributed by atoms with Gasteiger partial charge in [-0.25, -0.2) is 8.42 Å². The lowest BCUT2D eigenvalue weighted by Gasteiger charge is -2.46. The highest BCUT2D eigenvalue weighted by molar-refractivity contribution is 7.89. The molecule has 3 saturated heterocycles. The van der Waals surface area contributed by atoms with Gasteiger partial charge < -0.3 is 14.4 Å². The van der Waals surface area contributed by atoms with Crippen LogP contribution >= 0.6 is 0 Å². The van der Waals surface area contributed by atoms with Crippen molar-refractivity contribution < 1.29 is 22.7 Å². The first-order chi connectivity index (χ1) is 14.0. The Morgan fingerprint density at radius 3 is 2.41 bits per heavy atom. The highest BCUT2D eigenvalue weighted by Crippen LogP contribution is 2.40. The molecule has 7 nitrogen and oxygen atoms in total. The van der Waals surface area contributed by atoms with Crippen LogP contribution < -0.4 is 0 Å². The number of hydrogen-bond donors (Lipinski definition) is 0. The van der Waals surface area contributed by atoms with Crippen molar-refractivity contribution in [3.8, 4) is 0 Å². The lowest BCUT2D eigenvalue weighted by Crippen LogP contribution is -2.51. The van der Waals surface area contributed by atoms with Crippen LogP contribution in [0.3, 0.4) is 0 Å². The molecule has 0 saturated carbocycles. The first kappa shape index (κ1) is 20.8. The Hall–Kier alpha value is -1.48. The van der Waals surface area contributed by atoms with Gasteiger partial charge in [0.05, 0.1) is 23.7 Å². The quantitative estimate of drug-likeness (QED) is 0.741. The summed E-state index contributed by atoms with van der Waals surface area (Å²) in [5, 5.41) is 0. The summed E-state index contributed by atoms with van der Waals surface area (Å²) in [7, 11) is -3.46. The van der Waals surface area contributed by atoms with Crippen LogP contribution in [0.2, 0.25) is 0 Å². The maximum atomic E-state index is 12.9. The molecule has 0 N–H and O–H groups in total. The summed E-state index contributed by atoms with van der Waals surface area (Å²) >= 11 is 0. The maximum Gasteiger partial charge on any atom is 0.243 e. The fourth-order valence-corrected chi connectivity index (χ4v) is 6.18. The van der Waals surface area contributed by atoms with Gasteiger partial charge in [0.15, 0.2) is 0 Å². The lowest BCUT2D eigenvalue weighted by atomic mass is 9.78. The van der Waals surface area contributed by atoms with E-state index in [2.05, 4.69) is 0 Å². The van der Waals surface area contributed by atoms with Crippen LogP contribution in [0.5, 0.6) is 0 Å². The predicted molar refractivity (Wildman–Crippen MR) is 108 cm³/mol. The molecule has 3 aliphatic heterocycles. The summed E-state index contributed by atoms with van der Waals surface area (Å²) in [4.78, 5) is 14.9. The average Bonchev–Trinajstić information content (AvgIpc) is 2.75. The number of nitrogens with zero attached hydrogens (tertiary/aromatic N) is 2. The third-order valence-electron chi connectivity index (χ3n) is 6.44. The first-order valence-corrected chi connectivity index (χ1v) is 12.0. The van der Waals surface area contributed by atoms with Crippen molar-refractivity contribution in [2.24, 2.45) is 5.92 Å². The maximum absolute atomic E-state index is 12.9. The summed E-state index contributed by atoms with van der Waals surface area (Å²) < 4.78 is 38.8. The van der Waals surface area contributed by atoms with Gasteiger partial charge in [0.25, 0.3) is 0 Å². The van der Waals surface area contributed by atoms with Crippen molar-refractivity contribution >= 4 is 15.9 Å². The van der Waals surface area contributed by atoms with Gasteiger partial charge >= 0.3 is 0 Å². The molecule has 0 aliphatic carbocycles. The van der Waals surface area contributed by atoms with E-state index in [1.54, 1.807) is 28.6 Å². The largest absolute Gasteiger partial charge is 0.378 e. The SMILES string of the molecule is O=C(CC1CCOC2(CCN(S(=O)(=O)c3ccccc3)CC2)C1)N1CCOCC1. The zero-order valence-corrected chi connectivity index (χ0v) is 17.6. The standard InChI is InChI=1S/C21H30N2O5S/c24-20(22-11-14-27-15-12-22)16-18-6-13-28-21(17-18)7-9-23(10-8-21)29(25,26)19-4-2-1-3-5-19/h1-5,18H,6-17H2. The normalized spacial score (nSPS) is 25.8. The minimum Gasteiger partial charge on any atom is -0.378 e. The van der Waals surface area contributed by atoms with Crippen LogP contribution in [0, 0.1) is 5.92 Å². The van der Waals surface area contributed by atoms with Crippen molar-refractivity contribution in [1.82, 2.24) is 9.21 Å². The van der Waals surface area contributed by atoms with E-state index in [9.17, 15) is 13.2 Å². The van der Waals surface area contributed by atoms with Gasteiger partial charge in [-0.3, -0.25) is 4.79 Å². The molecule has 0 aromatic heterocycles. The van der Waals surface area contributed by atoms with Gasteiger partial charge in [-0.1, -0.05) is 18.2 Å². The molecule has 160 valence electrons. The van der Waals surface area contributed by atoms with E-state index < -0.39 is 10.0 Å². The zero-order valence-electron chi connectivity index (χ0n) is 16.8. The molecule has 4 rings (SSSR count). The Bertz CT molecular complexity index is 800. The third kappa shape index (κ3) is 4.66. The van der Waals surface area contributed by atoms with Gasteiger partial charge in [0, 0.05) is 39.2 Å². The molecule has 8 heteroatoms. The number of amides is 1. The molecule has 1 unspecified atom stereocenters. The number of piperidine rings is 1. The van der Waals surface area contributed by atoms with Crippen molar-refractivity contribution in [2.45, 2.75) is 42.6 Å². The van der Waals surface area contributed by atoms with Crippen LogP contribution in [0.1, 0.15) is 32.1 Å². The number of benzene rings is 1. The molecule has 1 spiro atoms. The number of carbonyl (C=O) groups is 1. The van der Waals surface area contributed by atoms with Gasteiger partial charge in [-0.05, 0) is 43.7 Å². The third-order valence-corrected chi connectivity index (χ3v) is 8.35. The van der Waals surface area contributed by atoms with Crippen molar-refractivity contribution in [2.75, 3.05) is 46.0 Å². The molecule has 0 bridgehead atoms. The summed E-state index contributed by atoms with van der Waals surface area (Å²) in [5.41, 5.74) is -0.295. The number of carbonyl (C=O) groups excluding carboxylic acids is 1. The molecule has 1 aromatic carbocycles. The van der Waals surface area contributed by atoms with E-state index in [0.717, 1.165) is 12.8 Å². The van der Waals surface area contributed by atoms with Gasteiger partial charge in [-0.2, -0.15) is 4.31 Å². The second-order valence-corrected chi connectivity index (χ2v) is 10.2. The van der Waals surface area contributed by atoms with Gasteiger partial charge in [0.2, 0.25) is 15.9 Å². The fourth-order valence-electron chi connectivity index (χ4n) is 4.72. The van der Waals surface area contributed by atoms with E-state index in [4.69, 9.17) is 9.47 Å². The smallest absolute Gasteiger partial charge is 0.243 e. The first-order valence-electron chi connectivity index (χ1n) is 10.5. The van der Waals surface area contributed by atoms with Crippen molar-refractivity contribution in [3.05, 3.63) is 30.3 Å². The molecule has 1 aromatic rings. The molecule has 0 radical (unpaired) electrons. The molecular weight excluding hydrogens is 392 g/mol. The van der Waals surface area contributed by atoms with E-state index >= 15 is 0 Å². The summed E-state index contributed by atoms with van der Waals surface area (Å²) in [6.45, 7) is 4.17. The molecule has 3 heterocycles. The van der Waals surface area contributed by atoms with E-state index in [1.807, 2.05) is 11.0 Å². The minimum atomic E-state index is -3.46. The summed E-state index contributed by atoms with van der Waals surface area (Å²) in [6.07, 6.45) is 3.64. The van der Waals surface area contributed by atoms with Crippen molar-refractivity contribution in [3.63, 3.8) is 0 Å². The predicted octanol–water partition coefficient (Wildman–Crippen LogP) is 1.89. The van der Waals surface area contributed by atoms with Crippen LogP contribution in [-0.4, -0.2) is 75.1 Å². The topological polar surface area (TPSA) is 76.2 Å². The molecule has 1 amide bonds. The molecule has 3 aliphatic rings. The monoisotopic (exact) mass is 422 g/mol. The van der Waals surface area contributed by atoms with E-state index in [1.165, 1.54) is 0 Å². The van der Waals surface area contributed by atoms with Crippen LogP contribution in [0.15, 0.2) is 35.2 Å². The van der Waals surface area contributed by atoms with Crippen LogP contribution in [0.25, 0.3) is 0 Å². The minimum absolute atomic E-state index is 0.208. The fraction of sp³-hybridized carbons (Fsp3) is 0.667. The Kier molecular flexibility index (Phi) is 6.24. The number of morpholine rings is 1. The zero-order chi connectivity index (χ0) is 20.3. The Balaban J connectivity index is 1.34. The van der Waals surface area contributed by atoms with E-state index in [-0.39, 0.29) is 11.5 Å². The Morgan fingerprint density at radius 1 is 1.03 bits per heavy atom. The molecule has 3 fully saturated rings. The average molecular weight is 423 g/mol. The number of ether oxygens (including phenoxy) is 2. The number of sulfonamides is 1. The summed E-state index contributed by atoms with van der Waals surface area (Å²) in [6, 6.07) is 8.60. The highest BCUT2D eigenvalue weighted by atomic mass is 32.2. The van der Waals surface area contributed by atoms with Gasteiger partial charge in [0.1, 0.15) is 0 Å². The number of rotatable bonds is 4. The van der Waals surface area contributed by atoms with Crippen LogP contribution in [0.4, 0.5) is 0 Å². The number of hydrogen-bond acceptors (Lipinski definition) is 5. The second-order valence-electron chi connectivity index (χ2n) is 8.30. The Morgan fingerprint density at radius 2 is 1.72 bits per heavy atom. The summed E-state index contributed by atoms with van der Waals surface area (Å²) in [5.74, 6) is 0.510. The van der Waals surface area contributed by atoms with E-state index in [0.29, 0.717) is 76.1 Å².